The van der Waals surface area contributed by atoms with Gasteiger partial charge >= 0.3 is 5.69 Å². The number of carbonyl (C=O) groups is 1. The Morgan fingerprint density at radius 2 is 1.69 bits per heavy atom. The average Bonchev–Trinajstić information content (AvgIpc) is 2.86. The largest absolute Gasteiger partial charge is 0.490 e. The van der Waals surface area contributed by atoms with Gasteiger partial charge in [0.2, 0.25) is 5.91 Å². The van der Waals surface area contributed by atoms with E-state index in [4.69, 9.17) is 9.47 Å². The third-order valence-electron chi connectivity index (χ3n) is 5.73. The van der Waals surface area contributed by atoms with E-state index < -0.39 is 5.69 Å². The fourth-order valence-electron chi connectivity index (χ4n) is 4.07. The molecule has 0 aliphatic carbocycles. The molecule has 3 aromatic rings. The van der Waals surface area contributed by atoms with Crippen molar-refractivity contribution >= 4 is 16.8 Å². The highest BCUT2D eigenvalue weighted by Crippen LogP contribution is 2.29. The number of hydrogen-bond acceptors (Lipinski definition) is 5. The molecule has 2 aromatic carbocycles. The second-order valence-corrected chi connectivity index (χ2v) is 8.31. The number of nitrogens with zero attached hydrogens (tertiary/aromatic N) is 3. The summed E-state index contributed by atoms with van der Waals surface area (Å²) in [6.07, 6.45) is 1.66. The van der Waals surface area contributed by atoms with Gasteiger partial charge in [0.05, 0.1) is 24.1 Å². The lowest BCUT2D eigenvalue weighted by Crippen LogP contribution is -2.43. The van der Waals surface area contributed by atoms with E-state index >= 15 is 0 Å². The summed E-state index contributed by atoms with van der Waals surface area (Å²) in [6, 6.07) is 12.6. The molecule has 8 nitrogen and oxygen atoms in total. The Morgan fingerprint density at radius 1 is 0.914 bits per heavy atom. The van der Waals surface area contributed by atoms with Gasteiger partial charge in [-0.25, -0.2) is 4.79 Å². The number of benzene rings is 2. The van der Waals surface area contributed by atoms with Crippen LogP contribution in [0.4, 0.5) is 0 Å². The Balaban J connectivity index is 1.92. The minimum absolute atomic E-state index is 0.143. The van der Waals surface area contributed by atoms with E-state index in [-0.39, 0.29) is 24.6 Å². The fourth-order valence-corrected chi connectivity index (χ4v) is 4.07. The standard InChI is InChI=1S/C27H35N3O5/c1-5-15-28(18-20-13-14-23(35-16-6-2)24(17-20)34-8-4)25(31)19-30-22-12-10-9-11-21(22)26(32)29(7-3)27(30)33/h9-14,17H,5-8,15-16,18-19H2,1-4H3. The van der Waals surface area contributed by atoms with E-state index in [9.17, 15) is 14.4 Å². The molecule has 0 saturated heterocycles. The zero-order valence-corrected chi connectivity index (χ0v) is 21.1. The molecular formula is C27H35N3O5. The van der Waals surface area contributed by atoms with Crippen molar-refractivity contribution in [3.8, 4) is 11.5 Å². The van der Waals surface area contributed by atoms with E-state index in [2.05, 4.69) is 0 Å². The normalized spacial score (nSPS) is 11.0. The van der Waals surface area contributed by atoms with Gasteiger partial charge in [-0.2, -0.15) is 0 Å². The second-order valence-electron chi connectivity index (χ2n) is 8.31. The summed E-state index contributed by atoms with van der Waals surface area (Å²) in [5.74, 6) is 1.15. The quantitative estimate of drug-likeness (QED) is 0.393. The first-order valence-electron chi connectivity index (χ1n) is 12.3. The van der Waals surface area contributed by atoms with Gasteiger partial charge in [-0.05, 0) is 56.5 Å². The summed E-state index contributed by atoms with van der Waals surface area (Å²) < 4.78 is 14.1. The summed E-state index contributed by atoms with van der Waals surface area (Å²) in [7, 11) is 0. The predicted octanol–water partition coefficient (Wildman–Crippen LogP) is 3.81. The minimum atomic E-state index is -0.475. The molecule has 8 heteroatoms. The first-order valence-corrected chi connectivity index (χ1v) is 12.3. The molecule has 0 fully saturated rings. The maximum Gasteiger partial charge on any atom is 0.331 e. The maximum atomic E-state index is 13.4. The smallest absolute Gasteiger partial charge is 0.331 e. The molecule has 1 aromatic heterocycles. The summed E-state index contributed by atoms with van der Waals surface area (Å²) >= 11 is 0. The van der Waals surface area contributed by atoms with Crippen LogP contribution in [0.3, 0.4) is 0 Å². The van der Waals surface area contributed by atoms with Gasteiger partial charge in [0, 0.05) is 19.6 Å². The number of hydrogen-bond donors (Lipinski definition) is 0. The van der Waals surface area contributed by atoms with Crippen LogP contribution in [0.25, 0.3) is 10.9 Å². The summed E-state index contributed by atoms with van der Waals surface area (Å²) in [4.78, 5) is 40.9. The molecule has 188 valence electrons. The Bertz CT molecular complexity index is 1280. The van der Waals surface area contributed by atoms with Crippen LogP contribution >= 0.6 is 0 Å². The van der Waals surface area contributed by atoms with E-state index in [1.165, 1.54) is 9.13 Å². The van der Waals surface area contributed by atoms with Gasteiger partial charge < -0.3 is 14.4 Å². The van der Waals surface area contributed by atoms with Crippen molar-refractivity contribution in [2.45, 2.75) is 60.2 Å². The lowest BCUT2D eigenvalue weighted by Gasteiger charge is -2.24. The molecule has 1 amide bonds. The summed E-state index contributed by atoms with van der Waals surface area (Å²) in [6.45, 7) is 9.83. The predicted molar refractivity (Wildman–Crippen MR) is 137 cm³/mol. The Labute approximate surface area is 205 Å². The highest BCUT2D eigenvalue weighted by Gasteiger charge is 2.19. The lowest BCUT2D eigenvalue weighted by atomic mass is 10.1. The van der Waals surface area contributed by atoms with Crippen LogP contribution in [0.5, 0.6) is 11.5 Å². The molecule has 0 aliphatic rings. The van der Waals surface area contributed by atoms with Gasteiger partial charge in [0.25, 0.3) is 5.56 Å². The molecular weight excluding hydrogens is 446 g/mol. The number of fused-ring (bicyclic) bond motifs is 1. The molecule has 0 spiro atoms. The van der Waals surface area contributed by atoms with Crippen LogP contribution in [0.15, 0.2) is 52.1 Å². The molecule has 3 rings (SSSR count). The van der Waals surface area contributed by atoms with Crippen LogP contribution in [0.1, 0.15) is 46.1 Å². The SMILES string of the molecule is CCCOc1ccc(CN(CCC)C(=O)Cn2c(=O)n(CC)c(=O)c3ccccc32)cc1OCC. The van der Waals surface area contributed by atoms with Crippen molar-refractivity contribution in [3.05, 3.63) is 68.9 Å². The molecule has 0 bridgehead atoms. The number of para-hydroxylation sites is 1. The summed E-state index contributed by atoms with van der Waals surface area (Å²) in [5.41, 5.74) is 0.566. The molecule has 0 aliphatic heterocycles. The zero-order chi connectivity index (χ0) is 25.4. The highest BCUT2D eigenvalue weighted by molar-refractivity contribution is 5.81. The average molecular weight is 482 g/mol. The van der Waals surface area contributed by atoms with Crippen molar-refractivity contribution in [2.75, 3.05) is 19.8 Å². The van der Waals surface area contributed by atoms with E-state index in [1.54, 1.807) is 36.1 Å². The second kappa shape index (κ2) is 12.2. The van der Waals surface area contributed by atoms with Crippen molar-refractivity contribution in [1.82, 2.24) is 14.0 Å². The van der Waals surface area contributed by atoms with Gasteiger partial charge in [0.15, 0.2) is 11.5 Å². The molecule has 35 heavy (non-hydrogen) atoms. The van der Waals surface area contributed by atoms with Gasteiger partial charge in [0.1, 0.15) is 6.54 Å². The fraction of sp³-hybridized carbons (Fsp3) is 0.444. The Kier molecular flexibility index (Phi) is 9.11. The first-order chi connectivity index (χ1) is 16.9. The van der Waals surface area contributed by atoms with Crippen LogP contribution in [-0.2, 0) is 24.4 Å². The van der Waals surface area contributed by atoms with Crippen LogP contribution in [-0.4, -0.2) is 39.7 Å². The molecule has 0 unspecified atom stereocenters. The van der Waals surface area contributed by atoms with Crippen LogP contribution in [0, 0.1) is 0 Å². The maximum absolute atomic E-state index is 13.4. The van der Waals surface area contributed by atoms with Crippen LogP contribution in [0.2, 0.25) is 0 Å². The van der Waals surface area contributed by atoms with Gasteiger partial charge in [-0.1, -0.05) is 32.0 Å². The number of ether oxygens (including phenoxy) is 2. The topological polar surface area (TPSA) is 82.8 Å². The molecule has 0 N–H and O–H groups in total. The highest BCUT2D eigenvalue weighted by atomic mass is 16.5. The monoisotopic (exact) mass is 481 g/mol. The number of rotatable bonds is 12. The van der Waals surface area contributed by atoms with E-state index in [1.807, 2.05) is 39.0 Å². The van der Waals surface area contributed by atoms with Gasteiger partial charge in [-0.3, -0.25) is 18.7 Å². The van der Waals surface area contributed by atoms with Crippen molar-refractivity contribution < 1.29 is 14.3 Å². The molecule has 0 saturated carbocycles. The third kappa shape index (κ3) is 5.93. The Hall–Kier alpha value is -3.55. The van der Waals surface area contributed by atoms with Crippen molar-refractivity contribution in [1.29, 1.82) is 0 Å². The Morgan fingerprint density at radius 3 is 2.37 bits per heavy atom. The first kappa shape index (κ1) is 26.1. The van der Waals surface area contributed by atoms with Crippen LogP contribution < -0.4 is 20.7 Å². The van der Waals surface area contributed by atoms with E-state index in [0.717, 1.165) is 18.4 Å². The summed E-state index contributed by atoms with van der Waals surface area (Å²) in [5, 5.41) is 0.424. The van der Waals surface area contributed by atoms with Crippen molar-refractivity contribution in [2.24, 2.45) is 0 Å². The van der Waals surface area contributed by atoms with Gasteiger partial charge in [-0.15, -0.1) is 0 Å². The number of amides is 1. The van der Waals surface area contributed by atoms with Crippen molar-refractivity contribution in [3.63, 3.8) is 0 Å². The molecule has 0 radical (unpaired) electrons. The van der Waals surface area contributed by atoms with E-state index in [0.29, 0.717) is 48.7 Å². The minimum Gasteiger partial charge on any atom is -0.490 e. The zero-order valence-electron chi connectivity index (χ0n) is 21.1. The third-order valence-corrected chi connectivity index (χ3v) is 5.73. The molecule has 1 heterocycles. The number of carbonyl (C=O) groups excluding carboxylic acids is 1. The number of aromatic nitrogens is 2. The molecule has 0 atom stereocenters. The lowest BCUT2D eigenvalue weighted by molar-refractivity contribution is -0.132.